The highest BCUT2D eigenvalue weighted by Gasteiger charge is 2.19. The number of carbonyl (C=O) groups excluding carboxylic acids is 3. The summed E-state index contributed by atoms with van der Waals surface area (Å²) in [6, 6.07) is 0. The van der Waals surface area contributed by atoms with E-state index < -0.39 is 6.10 Å². The summed E-state index contributed by atoms with van der Waals surface area (Å²) >= 11 is 0. The second kappa shape index (κ2) is 46.9. The molecule has 0 heterocycles. The van der Waals surface area contributed by atoms with Gasteiger partial charge in [-0.1, -0.05) is 259 Å². The lowest BCUT2D eigenvalue weighted by Gasteiger charge is -2.18. The average molecular weight is 849 g/mol. The van der Waals surface area contributed by atoms with E-state index in [1.54, 1.807) is 0 Å². The molecule has 6 nitrogen and oxygen atoms in total. The molecule has 0 saturated heterocycles. The van der Waals surface area contributed by atoms with E-state index in [4.69, 9.17) is 14.2 Å². The van der Waals surface area contributed by atoms with Crippen molar-refractivity contribution < 1.29 is 28.6 Å². The van der Waals surface area contributed by atoms with Gasteiger partial charge < -0.3 is 14.2 Å². The highest BCUT2D eigenvalue weighted by Crippen LogP contribution is 2.18. The molecule has 0 amide bonds. The van der Waals surface area contributed by atoms with Crippen molar-refractivity contribution in [3.05, 3.63) is 0 Å². The van der Waals surface area contributed by atoms with Crippen LogP contribution in [0, 0.1) is 11.8 Å². The van der Waals surface area contributed by atoms with Crippen LogP contribution in [0.25, 0.3) is 0 Å². The number of hydrogen-bond donors (Lipinski definition) is 0. The molecule has 0 bridgehead atoms. The van der Waals surface area contributed by atoms with Gasteiger partial charge in [0.05, 0.1) is 0 Å². The lowest BCUT2D eigenvalue weighted by Crippen LogP contribution is -2.30. The quantitative estimate of drug-likeness (QED) is 0.0345. The maximum absolute atomic E-state index is 12.8. The first-order chi connectivity index (χ1) is 29.3. The van der Waals surface area contributed by atoms with Crippen molar-refractivity contribution in [2.45, 2.75) is 304 Å². The third-order valence-electron chi connectivity index (χ3n) is 12.6. The Kier molecular flexibility index (Phi) is 45.7. The highest BCUT2D eigenvalue weighted by atomic mass is 16.6. The molecule has 0 radical (unpaired) electrons. The molecule has 0 aromatic carbocycles. The normalized spacial score (nSPS) is 12.5. The van der Waals surface area contributed by atoms with Crippen molar-refractivity contribution in [2.24, 2.45) is 11.8 Å². The number of esters is 3. The zero-order valence-corrected chi connectivity index (χ0v) is 41.1. The Morgan fingerprint density at radius 3 is 0.950 bits per heavy atom. The van der Waals surface area contributed by atoms with Crippen molar-refractivity contribution in [1.29, 1.82) is 0 Å². The summed E-state index contributed by atoms with van der Waals surface area (Å²) in [6.45, 7) is 11.4. The molecule has 1 unspecified atom stereocenters. The molecule has 60 heavy (non-hydrogen) atoms. The van der Waals surface area contributed by atoms with Gasteiger partial charge >= 0.3 is 17.9 Å². The summed E-state index contributed by atoms with van der Waals surface area (Å²) < 4.78 is 16.8. The molecule has 0 N–H and O–H groups in total. The Labute approximate surface area is 374 Å². The lowest BCUT2D eigenvalue weighted by atomic mass is 9.99. The van der Waals surface area contributed by atoms with E-state index in [-0.39, 0.29) is 31.1 Å². The Hall–Kier alpha value is -1.59. The van der Waals surface area contributed by atoms with E-state index in [1.807, 2.05) is 0 Å². The van der Waals surface area contributed by atoms with E-state index in [0.29, 0.717) is 19.3 Å². The average Bonchev–Trinajstić information content (AvgIpc) is 3.23. The van der Waals surface area contributed by atoms with Crippen LogP contribution in [-0.4, -0.2) is 37.2 Å². The Bertz CT molecular complexity index is 918. The summed E-state index contributed by atoms with van der Waals surface area (Å²) in [6.07, 6.45) is 48.0. The van der Waals surface area contributed by atoms with Gasteiger partial charge in [0, 0.05) is 19.3 Å². The molecular weight excluding hydrogens is 745 g/mol. The topological polar surface area (TPSA) is 78.9 Å². The van der Waals surface area contributed by atoms with Gasteiger partial charge in [-0.15, -0.1) is 0 Å². The Balaban J connectivity index is 4.32. The van der Waals surface area contributed by atoms with E-state index in [9.17, 15) is 14.4 Å². The molecule has 0 saturated carbocycles. The van der Waals surface area contributed by atoms with Crippen molar-refractivity contribution in [3.8, 4) is 0 Å². The zero-order valence-electron chi connectivity index (χ0n) is 41.1. The minimum Gasteiger partial charge on any atom is -0.462 e. The maximum atomic E-state index is 12.8. The smallest absolute Gasteiger partial charge is 0.306 e. The van der Waals surface area contributed by atoms with Crippen LogP contribution >= 0.6 is 0 Å². The molecular formula is C54H104O6. The van der Waals surface area contributed by atoms with Gasteiger partial charge in [-0.2, -0.15) is 0 Å². The number of rotatable bonds is 48. The first kappa shape index (κ1) is 58.4. The van der Waals surface area contributed by atoms with Gasteiger partial charge in [-0.3, -0.25) is 14.4 Å². The van der Waals surface area contributed by atoms with Crippen molar-refractivity contribution in [3.63, 3.8) is 0 Å². The molecule has 0 aliphatic carbocycles. The summed E-state index contributed by atoms with van der Waals surface area (Å²) in [5.74, 6) is 0.835. The lowest BCUT2D eigenvalue weighted by molar-refractivity contribution is -0.167. The standard InChI is InChI=1S/C54H104O6/c1-6-8-9-10-11-12-13-14-15-16-21-24-31-36-41-46-54(57)60-51(48-59-53(56)45-40-35-30-26-25-28-33-38-43-50(5)7-2)47-58-52(55)44-39-34-29-23-20-18-17-19-22-27-32-37-42-49(3)4/h49-51H,6-48H2,1-5H3/t50?,51-/m0/s1. The first-order valence-corrected chi connectivity index (χ1v) is 26.8. The van der Waals surface area contributed by atoms with Crippen LogP contribution in [0.4, 0.5) is 0 Å². The molecule has 0 aliphatic rings. The first-order valence-electron chi connectivity index (χ1n) is 26.8. The van der Waals surface area contributed by atoms with Crippen molar-refractivity contribution >= 4 is 17.9 Å². The van der Waals surface area contributed by atoms with Gasteiger partial charge in [0.2, 0.25) is 0 Å². The minimum atomic E-state index is -0.762. The highest BCUT2D eigenvalue weighted by molar-refractivity contribution is 5.71. The second-order valence-electron chi connectivity index (χ2n) is 19.2. The molecule has 2 atom stereocenters. The predicted octanol–water partition coefficient (Wildman–Crippen LogP) is 17.3. The van der Waals surface area contributed by atoms with E-state index >= 15 is 0 Å². The number of unbranched alkanes of at least 4 members (excludes halogenated alkanes) is 32. The van der Waals surface area contributed by atoms with Crippen LogP contribution in [-0.2, 0) is 28.6 Å². The van der Waals surface area contributed by atoms with Crippen molar-refractivity contribution in [2.75, 3.05) is 13.2 Å². The molecule has 0 aromatic heterocycles. The maximum Gasteiger partial charge on any atom is 0.306 e. The van der Waals surface area contributed by atoms with E-state index in [0.717, 1.165) is 69.6 Å². The van der Waals surface area contributed by atoms with Crippen molar-refractivity contribution in [1.82, 2.24) is 0 Å². The van der Waals surface area contributed by atoms with Crippen LogP contribution in [0.5, 0.6) is 0 Å². The summed E-state index contributed by atoms with van der Waals surface area (Å²) in [5, 5.41) is 0. The van der Waals surface area contributed by atoms with E-state index in [2.05, 4.69) is 34.6 Å². The molecule has 0 fully saturated rings. The van der Waals surface area contributed by atoms with E-state index in [1.165, 1.54) is 186 Å². The van der Waals surface area contributed by atoms with Gasteiger partial charge in [0.15, 0.2) is 6.10 Å². The Morgan fingerprint density at radius 2 is 0.633 bits per heavy atom. The number of hydrogen-bond acceptors (Lipinski definition) is 6. The molecule has 356 valence electrons. The SMILES string of the molecule is CCCCCCCCCCCCCCCCCC(=O)O[C@@H](COC(=O)CCCCCCCCCCCCCCC(C)C)COC(=O)CCCCCCCCCCC(C)CC. The largest absolute Gasteiger partial charge is 0.462 e. The molecule has 6 heteroatoms. The fourth-order valence-electron chi connectivity index (χ4n) is 8.13. The second-order valence-corrected chi connectivity index (χ2v) is 19.2. The van der Waals surface area contributed by atoms with Crippen LogP contribution in [0.2, 0.25) is 0 Å². The van der Waals surface area contributed by atoms with Crippen LogP contribution in [0.3, 0.4) is 0 Å². The summed E-state index contributed by atoms with van der Waals surface area (Å²) in [7, 11) is 0. The zero-order chi connectivity index (χ0) is 44.0. The Morgan fingerprint density at radius 1 is 0.350 bits per heavy atom. The van der Waals surface area contributed by atoms with Gasteiger partial charge in [0.25, 0.3) is 0 Å². The summed E-state index contributed by atoms with van der Waals surface area (Å²) in [4.78, 5) is 38.0. The number of ether oxygens (including phenoxy) is 3. The number of carbonyl (C=O) groups is 3. The molecule has 0 aromatic rings. The molecule has 0 spiro atoms. The van der Waals surface area contributed by atoms with Gasteiger partial charge in [0.1, 0.15) is 13.2 Å². The molecule has 0 aliphatic heterocycles. The fourth-order valence-corrected chi connectivity index (χ4v) is 8.13. The van der Waals surface area contributed by atoms with Gasteiger partial charge in [-0.25, -0.2) is 0 Å². The fraction of sp³-hybridized carbons (Fsp3) is 0.944. The van der Waals surface area contributed by atoms with Gasteiger partial charge in [-0.05, 0) is 31.1 Å². The third kappa shape index (κ3) is 45.9. The van der Waals surface area contributed by atoms with Crippen LogP contribution in [0.1, 0.15) is 298 Å². The third-order valence-corrected chi connectivity index (χ3v) is 12.6. The predicted molar refractivity (Wildman–Crippen MR) is 256 cm³/mol. The summed E-state index contributed by atoms with van der Waals surface area (Å²) in [5.41, 5.74) is 0. The monoisotopic (exact) mass is 849 g/mol. The molecule has 0 rings (SSSR count). The van der Waals surface area contributed by atoms with Crippen LogP contribution < -0.4 is 0 Å². The van der Waals surface area contributed by atoms with Crippen LogP contribution in [0.15, 0.2) is 0 Å². The minimum absolute atomic E-state index is 0.0637.